The Morgan fingerprint density at radius 3 is 2.09 bits per heavy atom. The van der Waals surface area contributed by atoms with Crippen LogP contribution >= 0.6 is 34.8 Å². The molecule has 0 heterocycles. The second kappa shape index (κ2) is 4.14. The second-order valence-electron chi connectivity index (χ2n) is 1.70. The van der Waals surface area contributed by atoms with Crippen molar-refractivity contribution in [3.63, 3.8) is 0 Å². The summed E-state index contributed by atoms with van der Waals surface area (Å²) < 4.78 is 2.28. The molecule has 64 valence electrons. The van der Waals surface area contributed by atoms with Gasteiger partial charge in [-0.05, 0) is 0 Å². The van der Waals surface area contributed by atoms with Crippen molar-refractivity contribution in [3.05, 3.63) is 0 Å². The number of alkyl halides is 3. The Balaban J connectivity index is 3.80. The maximum atomic E-state index is 10.7. The highest BCUT2D eigenvalue weighted by molar-refractivity contribution is 6.76. The van der Waals surface area contributed by atoms with Gasteiger partial charge in [-0.25, -0.2) is 0 Å². The van der Waals surface area contributed by atoms with Crippen LogP contribution in [0.5, 0.6) is 0 Å². The van der Waals surface area contributed by atoms with Crippen LogP contribution in [0.3, 0.4) is 0 Å². The number of rotatable bonds is 2. The van der Waals surface area contributed by atoms with Gasteiger partial charge in [-0.1, -0.05) is 34.8 Å². The summed E-state index contributed by atoms with van der Waals surface area (Å²) in [6, 6.07) is 0. The molecule has 0 aliphatic heterocycles. The SMILES string of the molecule is CC(=O)OCC(=O)C(Cl)(Cl)Cl. The Morgan fingerprint density at radius 1 is 1.36 bits per heavy atom. The minimum atomic E-state index is -2.00. The van der Waals surface area contributed by atoms with Gasteiger partial charge in [-0.15, -0.1) is 0 Å². The third-order valence-corrected chi connectivity index (χ3v) is 1.36. The zero-order valence-corrected chi connectivity index (χ0v) is 7.83. The Morgan fingerprint density at radius 2 is 1.82 bits per heavy atom. The van der Waals surface area contributed by atoms with Crippen molar-refractivity contribution in [1.29, 1.82) is 0 Å². The van der Waals surface area contributed by atoms with Gasteiger partial charge in [0.2, 0.25) is 5.78 Å². The Bertz CT molecular complexity index is 172. The van der Waals surface area contributed by atoms with Crippen LogP contribution in [0.1, 0.15) is 6.92 Å². The maximum Gasteiger partial charge on any atom is 0.303 e. The molecule has 0 saturated heterocycles. The maximum absolute atomic E-state index is 10.7. The first-order valence-electron chi connectivity index (χ1n) is 2.57. The van der Waals surface area contributed by atoms with E-state index in [4.69, 9.17) is 34.8 Å². The average molecular weight is 219 g/mol. The number of hydrogen-bond acceptors (Lipinski definition) is 3. The molecule has 6 heteroatoms. The summed E-state index contributed by atoms with van der Waals surface area (Å²) in [6.07, 6.45) is 0. The van der Waals surface area contributed by atoms with E-state index in [1.807, 2.05) is 0 Å². The molecule has 0 bridgehead atoms. The summed E-state index contributed by atoms with van der Waals surface area (Å²) in [4.78, 5) is 20.9. The van der Waals surface area contributed by atoms with E-state index < -0.39 is 22.2 Å². The molecular formula is C5H5Cl3O3. The van der Waals surface area contributed by atoms with Crippen molar-refractivity contribution in [2.24, 2.45) is 0 Å². The summed E-state index contributed by atoms with van der Waals surface area (Å²) >= 11 is 15.5. The monoisotopic (exact) mass is 218 g/mol. The quantitative estimate of drug-likeness (QED) is 0.522. The third-order valence-electron chi connectivity index (χ3n) is 0.723. The van der Waals surface area contributed by atoms with E-state index in [0.717, 1.165) is 6.92 Å². The van der Waals surface area contributed by atoms with Gasteiger partial charge in [0.15, 0.2) is 6.61 Å². The second-order valence-corrected chi connectivity index (χ2v) is 3.98. The highest BCUT2D eigenvalue weighted by Gasteiger charge is 2.30. The predicted octanol–water partition coefficient (Wildman–Crippen LogP) is 1.49. The van der Waals surface area contributed by atoms with E-state index in [-0.39, 0.29) is 0 Å². The average Bonchev–Trinajstić information content (AvgIpc) is 1.80. The van der Waals surface area contributed by atoms with Crippen LogP contribution in [0.15, 0.2) is 0 Å². The lowest BCUT2D eigenvalue weighted by Crippen LogP contribution is -2.25. The van der Waals surface area contributed by atoms with Crippen LogP contribution in [-0.4, -0.2) is 22.2 Å². The van der Waals surface area contributed by atoms with Gasteiger partial charge < -0.3 is 4.74 Å². The number of esters is 1. The van der Waals surface area contributed by atoms with Crippen molar-refractivity contribution >= 4 is 46.6 Å². The van der Waals surface area contributed by atoms with Crippen molar-refractivity contribution in [3.8, 4) is 0 Å². The summed E-state index contributed by atoms with van der Waals surface area (Å²) in [5, 5.41) is 0. The summed E-state index contributed by atoms with van der Waals surface area (Å²) in [5.74, 6) is -1.36. The molecule has 0 amide bonds. The molecule has 0 atom stereocenters. The van der Waals surface area contributed by atoms with E-state index in [2.05, 4.69) is 4.74 Å². The van der Waals surface area contributed by atoms with Crippen LogP contribution in [0.2, 0.25) is 0 Å². The molecule has 0 aliphatic carbocycles. The lowest BCUT2D eigenvalue weighted by atomic mass is 10.5. The molecule has 0 saturated carbocycles. The van der Waals surface area contributed by atoms with E-state index in [9.17, 15) is 9.59 Å². The number of halogens is 3. The first-order valence-corrected chi connectivity index (χ1v) is 3.71. The minimum Gasteiger partial charge on any atom is -0.458 e. The van der Waals surface area contributed by atoms with Gasteiger partial charge in [-0.3, -0.25) is 9.59 Å². The Hall–Kier alpha value is 0.01000. The lowest BCUT2D eigenvalue weighted by Gasteiger charge is -2.07. The standard InChI is InChI=1S/C5H5Cl3O3/c1-3(9)11-2-4(10)5(6,7)8/h2H2,1H3. The van der Waals surface area contributed by atoms with Gasteiger partial charge in [0.1, 0.15) is 0 Å². The molecule has 0 aromatic carbocycles. The van der Waals surface area contributed by atoms with E-state index in [1.165, 1.54) is 0 Å². The Labute approximate surface area is 78.5 Å². The van der Waals surface area contributed by atoms with Crippen molar-refractivity contribution in [1.82, 2.24) is 0 Å². The number of carbonyl (C=O) groups excluding carboxylic acids is 2. The topological polar surface area (TPSA) is 43.4 Å². The molecule has 0 unspecified atom stereocenters. The predicted molar refractivity (Wildman–Crippen MR) is 41.9 cm³/mol. The van der Waals surface area contributed by atoms with Gasteiger partial charge in [0.05, 0.1) is 0 Å². The molecule has 0 aromatic rings. The number of carbonyl (C=O) groups is 2. The van der Waals surface area contributed by atoms with E-state index in [0.29, 0.717) is 0 Å². The van der Waals surface area contributed by atoms with Crippen molar-refractivity contribution in [2.75, 3.05) is 6.61 Å². The molecule has 0 aliphatic rings. The number of Topliss-reactive ketones (excluding diaryl/α,β-unsaturated/α-hetero) is 1. The first kappa shape index (κ1) is 11.0. The molecular weight excluding hydrogens is 214 g/mol. The van der Waals surface area contributed by atoms with Crippen LogP contribution in [0.25, 0.3) is 0 Å². The van der Waals surface area contributed by atoms with Crippen molar-refractivity contribution < 1.29 is 14.3 Å². The lowest BCUT2D eigenvalue weighted by molar-refractivity contribution is -0.145. The van der Waals surface area contributed by atoms with Crippen molar-refractivity contribution in [2.45, 2.75) is 10.7 Å². The number of ketones is 1. The zero-order chi connectivity index (χ0) is 9.07. The highest BCUT2D eigenvalue weighted by atomic mass is 35.6. The van der Waals surface area contributed by atoms with Crippen LogP contribution in [0, 0.1) is 0 Å². The number of ether oxygens (including phenoxy) is 1. The molecule has 0 fully saturated rings. The number of hydrogen-bond donors (Lipinski definition) is 0. The van der Waals surface area contributed by atoms with Crippen LogP contribution in [0.4, 0.5) is 0 Å². The minimum absolute atomic E-state index is 0.508. The normalized spacial score (nSPS) is 10.9. The fourth-order valence-electron chi connectivity index (χ4n) is 0.249. The van der Waals surface area contributed by atoms with E-state index >= 15 is 0 Å². The van der Waals surface area contributed by atoms with Gasteiger partial charge in [0.25, 0.3) is 3.79 Å². The fraction of sp³-hybridized carbons (Fsp3) is 0.600. The Kier molecular flexibility index (Phi) is 4.14. The third kappa shape index (κ3) is 5.30. The summed E-state index contributed by atoms with van der Waals surface area (Å²) in [5.41, 5.74) is 0. The van der Waals surface area contributed by atoms with Gasteiger partial charge in [0, 0.05) is 6.92 Å². The zero-order valence-electron chi connectivity index (χ0n) is 5.57. The van der Waals surface area contributed by atoms with Crippen LogP contribution < -0.4 is 0 Å². The first-order chi connectivity index (χ1) is 4.84. The molecule has 0 rings (SSSR count). The smallest absolute Gasteiger partial charge is 0.303 e. The largest absolute Gasteiger partial charge is 0.458 e. The molecule has 0 radical (unpaired) electrons. The van der Waals surface area contributed by atoms with Gasteiger partial charge >= 0.3 is 5.97 Å². The summed E-state index contributed by atoms with van der Waals surface area (Å²) in [6.45, 7) is 0.650. The summed E-state index contributed by atoms with van der Waals surface area (Å²) in [7, 11) is 0. The van der Waals surface area contributed by atoms with E-state index in [1.54, 1.807) is 0 Å². The molecule has 11 heavy (non-hydrogen) atoms. The molecule has 0 N–H and O–H groups in total. The molecule has 3 nitrogen and oxygen atoms in total. The highest BCUT2D eigenvalue weighted by Crippen LogP contribution is 2.26. The fourth-order valence-corrected chi connectivity index (χ4v) is 0.413. The molecule has 0 aromatic heterocycles. The van der Waals surface area contributed by atoms with Gasteiger partial charge in [-0.2, -0.15) is 0 Å². The van der Waals surface area contributed by atoms with Crippen LogP contribution in [-0.2, 0) is 14.3 Å². The molecule has 0 spiro atoms.